The lowest BCUT2D eigenvalue weighted by Gasteiger charge is -2.23. The summed E-state index contributed by atoms with van der Waals surface area (Å²) in [6.45, 7) is 2.37. The number of thioether (sulfide) groups is 1. The van der Waals surface area contributed by atoms with Crippen LogP contribution in [0, 0.1) is 0 Å². The molecule has 0 spiro atoms. The van der Waals surface area contributed by atoms with E-state index in [4.69, 9.17) is 5.11 Å². The minimum atomic E-state index is -0.537. The van der Waals surface area contributed by atoms with Crippen LogP contribution < -0.4 is 5.32 Å². The monoisotopic (exact) mass is 161 g/mol. The van der Waals surface area contributed by atoms with Crippen LogP contribution in [0.4, 0.5) is 0 Å². The lowest BCUT2D eigenvalue weighted by atomic mass is 10.2. The number of aliphatic hydroxyl groups is 1. The predicted molar refractivity (Wildman–Crippen MR) is 40.9 cm³/mol. The summed E-state index contributed by atoms with van der Waals surface area (Å²) < 4.78 is 0. The fourth-order valence-electron chi connectivity index (χ4n) is 0.895. The van der Waals surface area contributed by atoms with Gasteiger partial charge in [-0.15, -0.1) is 11.8 Å². The van der Waals surface area contributed by atoms with Crippen LogP contribution in [0.3, 0.4) is 0 Å². The first-order valence-electron chi connectivity index (χ1n) is 3.29. The van der Waals surface area contributed by atoms with Crippen LogP contribution in [0.1, 0.15) is 6.92 Å². The van der Waals surface area contributed by atoms with Crippen molar-refractivity contribution >= 4 is 17.7 Å². The highest BCUT2D eigenvalue weighted by molar-refractivity contribution is 8.00. The van der Waals surface area contributed by atoms with E-state index in [-0.39, 0.29) is 11.2 Å². The van der Waals surface area contributed by atoms with Crippen molar-refractivity contribution in [1.82, 2.24) is 5.32 Å². The number of hydrogen-bond acceptors (Lipinski definition) is 3. The van der Waals surface area contributed by atoms with E-state index in [0.29, 0.717) is 0 Å². The van der Waals surface area contributed by atoms with E-state index >= 15 is 0 Å². The van der Waals surface area contributed by atoms with E-state index in [9.17, 15) is 4.79 Å². The van der Waals surface area contributed by atoms with E-state index in [1.807, 2.05) is 0 Å². The molecular formula is C6H11NO2S. The van der Waals surface area contributed by atoms with Gasteiger partial charge in [0.2, 0.25) is 5.91 Å². The maximum Gasteiger partial charge on any atom is 0.235 e. The van der Waals surface area contributed by atoms with Gasteiger partial charge in [0.1, 0.15) is 5.25 Å². The van der Waals surface area contributed by atoms with Gasteiger partial charge >= 0.3 is 0 Å². The van der Waals surface area contributed by atoms with Gasteiger partial charge in [-0.05, 0) is 6.92 Å². The summed E-state index contributed by atoms with van der Waals surface area (Å²) in [5.41, 5.74) is 0. The molecular weight excluding hydrogens is 150 g/mol. The molecule has 2 atom stereocenters. The van der Waals surface area contributed by atoms with E-state index in [2.05, 4.69) is 5.32 Å². The second-order valence-electron chi connectivity index (χ2n) is 2.32. The van der Waals surface area contributed by atoms with E-state index in [0.717, 1.165) is 12.3 Å². The van der Waals surface area contributed by atoms with Gasteiger partial charge in [0.15, 0.2) is 0 Å². The van der Waals surface area contributed by atoms with Crippen LogP contribution in [0.5, 0.6) is 0 Å². The molecule has 2 N–H and O–H groups in total. The first-order valence-corrected chi connectivity index (χ1v) is 4.34. The summed E-state index contributed by atoms with van der Waals surface area (Å²) in [5.74, 6) is 0.868. The molecule has 1 aliphatic rings. The molecule has 3 nitrogen and oxygen atoms in total. The van der Waals surface area contributed by atoms with Gasteiger partial charge in [-0.3, -0.25) is 4.79 Å². The van der Waals surface area contributed by atoms with Crippen molar-refractivity contribution in [2.75, 3.05) is 12.3 Å². The van der Waals surface area contributed by atoms with Crippen molar-refractivity contribution in [2.24, 2.45) is 0 Å². The highest BCUT2D eigenvalue weighted by Gasteiger charge is 2.26. The Labute approximate surface area is 64.2 Å². The Morgan fingerprint density at radius 1 is 1.90 bits per heavy atom. The van der Waals surface area contributed by atoms with Gasteiger partial charge in [0.05, 0.1) is 6.10 Å². The first kappa shape index (κ1) is 7.88. The molecule has 0 bridgehead atoms. The summed E-state index contributed by atoms with van der Waals surface area (Å²) in [6.07, 6.45) is -0.537. The fourth-order valence-corrected chi connectivity index (χ4v) is 1.88. The predicted octanol–water partition coefficient (Wildman–Crippen LogP) is -0.401. The fraction of sp³-hybridized carbons (Fsp3) is 0.833. The van der Waals surface area contributed by atoms with Crippen LogP contribution in [-0.2, 0) is 4.79 Å². The van der Waals surface area contributed by atoms with Gasteiger partial charge in [0.25, 0.3) is 0 Å². The van der Waals surface area contributed by atoms with Crippen molar-refractivity contribution in [2.45, 2.75) is 18.3 Å². The van der Waals surface area contributed by atoms with Gasteiger partial charge < -0.3 is 10.4 Å². The first-order chi connectivity index (χ1) is 4.72. The normalized spacial score (nSPS) is 29.4. The third-order valence-electron chi connectivity index (χ3n) is 1.40. The van der Waals surface area contributed by atoms with Crippen LogP contribution in [0.25, 0.3) is 0 Å². The molecule has 58 valence electrons. The standard InChI is InChI=1S/C6H11NO2S/c1-4(8)5-6(9)7-2-3-10-5/h4-5,8H,2-3H2,1H3,(H,7,9). The number of carbonyl (C=O) groups excluding carboxylic acids is 1. The van der Waals surface area contributed by atoms with Crippen LogP contribution in [0.2, 0.25) is 0 Å². The summed E-state index contributed by atoms with van der Waals surface area (Å²) in [4.78, 5) is 10.9. The van der Waals surface area contributed by atoms with Crippen LogP contribution in [-0.4, -0.2) is 34.7 Å². The van der Waals surface area contributed by atoms with Gasteiger partial charge in [-0.1, -0.05) is 0 Å². The van der Waals surface area contributed by atoms with Crippen molar-refractivity contribution in [3.8, 4) is 0 Å². The molecule has 0 aromatic rings. The Morgan fingerprint density at radius 2 is 2.60 bits per heavy atom. The summed E-state index contributed by atoms with van der Waals surface area (Å²) in [5, 5.41) is 11.5. The molecule has 0 aliphatic carbocycles. The van der Waals surface area contributed by atoms with E-state index < -0.39 is 6.10 Å². The molecule has 2 unspecified atom stereocenters. The highest BCUT2D eigenvalue weighted by atomic mass is 32.2. The Hall–Kier alpha value is -0.220. The number of nitrogens with one attached hydrogen (secondary N) is 1. The molecule has 4 heteroatoms. The Kier molecular flexibility index (Phi) is 2.56. The zero-order chi connectivity index (χ0) is 7.56. The van der Waals surface area contributed by atoms with Crippen molar-refractivity contribution < 1.29 is 9.90 Å². The van der Waals surface area contributed by atoms with Crippen molar-refractivity contribution in [3.05, 3.63) is 0 Å². The Morgan fingerprint density at radius 3 is 3.00 bits per heavy atom. The SMILES string of the molecule is CC(O)C1SCCNC1=O. The summed E-state index contributed by atoms with van der Waals surface area (Å²) in [7, 11) is 0. The zero-order valence-corrected chi connectivity index (χ0v) is 6.65. The molecule has 1 saturated heterocycles. The smallest absolute Gasteiger partial charge is 0.235 e. The zero-order valence-electron chi connectivity index (χ0n) is 5.83. The molecule has 1 rings (SSSR count). The number of rotatable bonds is 1. The molecule has 0 aromatic heterocycles. The second kappa shape index (κ2) is 3.25. The molecule has 1 fully saturated rings. The lowest BCUT2D eigenvalue weighted by molar-refractivity contribution is -0.122. The number of amides is 1. The molecule has 0 radical (unpaired) electrons. The lowest BCUT2D eigenvalue weighted by Crippen LogP contribution is -2.44. The maximum atomic E-state index is 10.9. The maximum absolute atomic E-state index is 10.9. The molecule has 1 aliphatic heterocycles. The summed E-state index contributed by atoms with van der Waals surface area (Å²) >= 11 is 1.52. The average molecular weight is 161 g/mol. The summed E-state index contributed by atoms with van der Waals surface area (Å²) in [6, 6.07) is 0. The average Bonchev–Trinajstić information content (AvgIpc) is 1.88. The minimum Gasteiger partial charge on any atom is -0.392 e. The topological polar surface area (TPSA) is 49.3 Å². The van der Waals surface area contributed by atoms with Gasteiger partial charge in [-0.25, -0.2) is 0 Å². The third kappa shape index (κ3) is 1.64. The molecule has 0 aromatic carbocycles. The number of hydrogen-bond donors (Lipinski definition) is 2. The van der Waals surface area contributed by atoms with Gasteiger partial charge in [0, 0.05) is 12.3 Å². The minimum absolute atomic E-state index is 0.0359. The molecule has 1 heterocycles. The number of aliphatic hydroxyl groups excluding tert-OH is 1. The van der Waals surface area contributed by atoms with Crippen LogP contribution >= 0.6 is 11.8 Å². The van der Waals surface area contributed by atoms with Crippen LogP contribution in [0.15, 0.2) is 0 Å². The van der Waals surface area contributed by atoms with E-state index in [1.54, 1.807) is 6.92 Å². The van der Waals surface area contributed by atoms with Gasteiger partial charge in [-0.2, -0.15) is 0 Å². The molecule has 1 amide bonds. The van der Waals surface area contributed by atoms with E-state index in [1.165, 1.54) is 11.8 Å². The Bertz CT molecular complexity index is 138. The molecule has 10 heavy (non-hydrogen) atoms. The van der Waals surface area contributed by atoms with Crippen molar-refractivity contribution in [1.29, 1.82) is 0 Å². The third-order valence-corrected chi connectivity index (χ3v) is 2.80. The number of carbonyl (C=O) groups is 1. The Balaban J connectivity index is 2.48. The largest absolute Gasteiger partial charge is 0.392 e. The van der Waals surface area contributed by atoms with Crippen molar-refractivity contribution in [3.63, 3.8) is 0 Å². The quantitative estimate of drug-likeness (QED) is 0.550. The molecule has 0 saturated carbocycles. The highest BCUT2D eigenvalue weighted by Crippen LogP contribution is 2.17. The second-order valence-corrected chi connectivity index (χ2v) is 3.57.